The van der Waals surface area contributed by atoms with E-state index in [0.717, 1.165) is 0 Å². The highest BCUT2D eigenvalue weighted by atomic mass is 32.1. The summed E-state index contributed by atoms with van der Waals surface area (Å²) in [5.41, 5.74) is 5.02. The number of thiophene rings is 2. The van der Waals surface area contributed by atoms with Gasteiger partial charge in [-0.15, -0.1) is 22.7 Å². The lowest BCUT2D eigenvalue weighted by atomic mass is 10.00. The van der Waals surface area contributed by atoms with Crippen molar-refractivity contribution in [1.82, 2.24) is 4.98 Å². The van der Waals surface area contributed by atoms with Crippen molar-refractivity contribution in [2.45, 2.75) is 0 Å². The van der Waals surface area contributed by atoms with Gasteiger partial charge in [0.05, 0.1) is 10.2 Å². The molecule has 0 amide bonds. The van der Waals surface area contributed by atoms with E-state index in [1.807, 2.05) is 22.7 Å². The number of hydrogen-bond acceptors (Lipinski definition) is 2. The lowest BCUT2D eigenvalue weighted by Crippen LogP contribution is -1.77. The van der Waals surface area contributed by atoms with Crippen molar-refractivity contribution in [2.75, 3.05) is 0 Å². The molecular weight excluding hydrogens is 438 g/mol. The van der Waals surface area contributed by atoms with Crippen molar-refractivity contribution in [1.29, 1.82) is 0 Å². The summed E-state index contributed by atoms with van der Waals surface area (Å²) < 4.78 is 5.47. The quantitative estimate of drug-likeness (QED) is 0.253. The topological polar surface area (TPSA) is 15.8 Å². The molecule has 0 radical (unpaired) electrons. The van der Waals surface area contributed by atoms with Crippen LogP contribution < -0.4 is 0 Å². The largest absolute Gasteiger partial charge is 0.353 e. The van der Waals surface area contributed by atoms with E-state index in [4.69, 9.17) is 0 Å². The van der Waals surface area contributed by atoms with Crippen molar-refractivity contribution < 1.29 is 0 Å². The zero-order valence-electron chi connectivity index (χ0n) is 17.6. The molecule has 0 spiro atoms. The van der Waals surface area contributed by atoms with Gasteiger partial charge in [0.2, 0.25) is 0 Å². The standard InChI is InChI=1S/C30H17NS2/c1-2-8-17(9-3-1)18-14-15-21-24(16-18)33-29-26(21)25-19-10-4-6-12-22(19)31-28(25)30-27(29)20-11-5-7-13-23(20)32-30/h1-16,31H. The van der Waals surface area contributed by atoms with E-state index in [9.17, 15) is 0 Å². The molecule has 0 saturated carbocycles. The van der Waals surface area contributed by atoms with Crippen LogP contribution in [0.1, 0.15) is 0 Å². The van der Waals surface area contributed by atoms with Gasteiger partial charge in [0, 0.05) is 51.9 Å². The Morgan fingerprint density at radius 1 is 0.485 bits per heavy atom. The van der Waals surface area contributed by atoms with Crippen LogP contribution in [0.3, 0.4) is 0 Å². The van der Waals surface area contributed by atoms with Crippen LogP contribution >= 0.6 is 22.7 Å². The van der Waals surface area contributed by atoms with Crippen molar-refractivity contribution in [3.05, 3.63) is 97.1 Å². The molecule has 0 aliphatic heterocycles. The molecule has 5 aromatic carbocycles. The Hall–Kier alpha value is -3.66. The number of rotatable bonds is 1. The Labute approximate surface area is 197 Å². The fourth-order valence-electron chi connectivity index (χ4n) is 5.35. The van der Waals surface area contributed by atoms with Crippen LogP contribution in [-0.2, 0) is 0 Å². The zero-order valence-corrected chi connectivity index (χ0v) is 19.2. The molecule has 8 rings (SSSR count). The van der Waals surface area contributed by atoms with Gasteiger partial charge >= 0.3 is 0 Å². The molecule has 3 aromatic heterocycles. The number of fused-ring (bicyclic) bond motifs is 12. The molecule has 0 aliphatic rings. The third-order valence-corrected chi connectivity index (χ3v) is 9.16. The summed E-state index contributed by atoms with van der Waals surface area (Å²) in [6, 6.07) is 35.2. The highest BCUT2D eigenvalue weighted by Crippen LogP contribution is 2.50. The summed E-state index contributed by atoms with van der Waals surface area (Å²) in [5, 5.41) is 8.16. The molecule has 154 valence electrons. The van der Waals surface area contributed by atoms with Gasteiger partial charge in [0.1, 0.15) is 0 Å². The molecule has 3 heteroatoms. The molecule has 0 atom stereocenters. The van der Waals surface area contributed by atoms with Crippen molar-refractivity contribution in [2.24, 2.45) is 0 Å². The second-order valence-corrected chi connectivity index (χ2v) is 10.7. The third-order valence-electron chi connectivity index (χ3n) is 6.80. The SMILES string of the molecule is c1ccc(-c2ccc3c(c2)sc2c4c5ccccc5sc4c4[nH]c5ccccc5c4c32)cc1. The maximum absolute atomic E-state index is 3.78. The lowest BCUT2D eigenvalue weighted by molar-refractivity contribution is 1.57. The summed E-state index contributed by atoms with van der Waals surface area (Å²) in [6.07, 6.45) is 0. The molecule has 0 saturated heterocycles. The van der Waals surface area contributed by atoms with Gasteiger partial charge in [-0.05, 0) is 29.3 Å². The molecule has 0 fully saturated rings. The van der Waals surface area contributed by atoms with E-state index in [-0.39, 0.29) is 0 Å². The summed E-state index contributed by atoms with van der Waals surface area (Å²) in [7, 11) is 0. The molecule has 1 N–H and O–H groups in total. The fourth-order valence-corrected chi connectivity index (χ4v) is 7.94. The van der Waals surface area contributed by atoms with Crippen molar-refractivity contribution >= 4 is 84.8 Å². The van der Waals surface area contributed by atoms with E-state index in [2.05, 4.69) is 102 Å². The average Bonchev–Trinajstić information content (AvgIpc) is 3.55. The maximum Gasteiger partial charge on any atom is 0.0653 e. The van der Waals surface area contributed by atoms with Crippen molar-refractivity contribution in [3.8, 4) is 11.1 Å². The predicted molar refractivity (Wildman–Crippen MR) is 147 cm³/mol. The average molecular weight is 456 g/mol. The van der Waals surface area contributed by atoms with Gasteiger partial charge in [-0.1, -0.05) is 78.9 Å². The second-order valence-electron chi connectivity index (χ2n) is 8.61. The molecule has 33 heavy (non-hydrogen) atoms. The van der Waals surface area contributed by atoms with Gasteiger partial charge in [-0.3, -0.25) is 0 Å². The third kappa shape index (κ3) is 2.36. The van der Waals surface area contributed by atoms with Gasteiger partial charge < -0.3 is 4.98 Å². The van der Waals surface area contributed by atoms with Crippen LogP contribution in [0.2, 0.25) is 0 Å². The number of para-hydroxylation sites is 1. The number of nitrogens with one attached hydrogen (secondary N) is 1. The maximum atomic E-state index is 3.78. The summed E-state index contributed by atoms with van der Waals surface area (Å²) in [4.78, 5) is 3.78. The molecule has 0 unspecified atom stereocenters. The number of H-pyrrole nitrogens is 1. The first-order valence-corrected chi connectivity index (χ1v) is 12.8. The van der Waals surface area contributed by atoms with Gasteiger partial charge in [0.15, 0.2) is 0 Å². The van der Waals surface area contributed by atoms with Crippen LogP contribution in [0.5, 0.6) is 0 Å². The van der Waals surface area contributed by atoms with E-state index in [1.54, 1.807) is 0 Å². The molecule has 1 nitrogen and oxygen atoms in total. The number of aromatic amines is 1. The highest BCUT2D eigenvalue weighted by molar-refractivity contribution is 7.30. The minimum Gasteiger partial charge on any atom is -0.353 e. The van der Waals surface area contributed by atoms with Gasteiger partial charge in [-0.2, -0.15) is 0 Å². The summed E-state index contributed by atoms with van der Waals surface area (Å²) in [5.74, 6) is 0. The Morgan fingerprint density at radius 3 is 2.12 bits per heavy atom. The van der Waals surface area contributed by atoms with Gasteiger partial charge in [-0.25, -0.2) is 0 Å². The zero-order chi connectivity index (χ0) is 21.5. The normalized spacial score (nSPS) is 12.2. The summed E-state index contributed by atoms with van der Waals surface area (Å²) >= 11 is 3.85. The molecule has 0 aliphatic carbocycles. The first kappa shape index (κ1) is 17.8. The Balaban J connectivity index is 1.64. The minimum absolute atomic E-state index is 1.21. The molecule has 0 bridgehead atoms. The predicted octanol–water partition coefficient (Wildman–Crippen LogP) is 9.72. The van der Waals surface area contributed by atoms with Crippen LogP contribution in [0, 0.1) is 0 Å². The van der Waals surface area contributed by atoms with E-state index >= 15 is 0 Å². The highest BCUT2D eigenvalue weighted by Gasteiger charge is 2.21. The number of aromatic nitrogens is 1. The summed E-state index contributed by atoms with van der Waals surface area (Å²) in [6.45, 7) is 0. The van der Waals surface area contributed by atoms with Crippen LogP contribution in [0.25, 0.3) is 73.3 Å². The van der Waals surface area contributed by atoms with Crippen LogP contribution in [0.4, 0.5) is 0 Å². The number of hydrogen-bond donors (Lipinski definition) is 1. The van der Waals surface area contributed by atoms with Crippen LogP contribution in [-0.4, -0.2) is 4.98 Å². The Kier molecular flexibility index (Phi) is 3.48. The first-order chi connectivity index (χ1) is 16.4. The lowest BCUT2D eigenvalue weighted by Gasteiger charge is -2.02. The monoisotopic (exact) mass is 455 g/mol. The van der Waals surface area contributed by atoms with E-state index in [0.29, 0.717) is 0 Å². The molecule has 8 aromatic rings. The van der Waals surface area contributed by atoms with E-state index < -0.39 is 0 Å². The first-order valence-electron chi connectivity index (χ1n) is 11.1. The molecule has 3 heterocycles. The Morgan fingerprint density at radius 2 is 1.21 bits per heavy atom. The smallest absolute Gasteiger partial charge is 0.0653 e. The van der Waals surface area contributed by atoms with Gasteiger partial charge in [0.25, 0.3) is 0 Å². The van der Waals surface area contributed by atoms with E-state index in [1.165, 1.54) is 73.3 Å². The fraction of sp³-hybridized carbons (Fsp3) is 0. The molecular formula is C30H17NS2. The van der Waals surface area contributed by atoms with Crippen molar-refractivity contribution in [3.63, 3.8) is 0 Å². The van der Waals surface area contributed by atoms with Crippen LogP contribution in [0.15, 0.2) is 97.1 Å². The number of benzene rings is 5. The second kappa shape index (κ2) is 6.44. The Bertz CT molecular complexity index is 2020. The minimum atomic E-state index is 1.21.